The Bertz CT molecular complexity index is 4010. The predicted octanol–water partition coefficient (Wildman–Crippen LogP) is 20.7. The molecule has 0 heterocycles. The van der Waals surface area contributed by atoms with Crippen LogP contribution in [0.25, 0.3) is 0 Å². The highest BCUT2D eigenvalue weighted by Crippen LogP contribution is 2.32. The monoisotopic (exact) mass is 1150 g/mol. The van der Waals surface area contributed by atoms with E-state index in [0.717, 1.165) is 124 Å². The molecule has 13 rings (SSSR count). The van der Waals surface area contributed by atoms with Gasteiger partial charge in [-0.2, -0.15) is 0 Å². The van der Waals surface area contributed by atoms with Gasteiger partial charge >= 0.3 is 0 Å². The van der Waals surface area contributed by atoms with Crippen molar-refractivity contribution in [2.45, 2.75) is 0 Å². The topological polar surface area (TPSA) is 74.2 Å². The Morgan fingerprint density at radius 1 is 0.122 bits per heavy atom. The van der Waals surface area contributed by atoms with Crippen molar-refractivity contribution in [2.75, 3.05) is 0 Å². The molecule has 13 aromatic carbocycles. The van der Waals surface area contributed by atoms with Crippen LogP contribution in [-0.4, -0.2) is 34.3 Å². The average Bonchev–Trinajstić information content (AvgIpc) is 2.22. The van der Waals surface area contributed by atoms with E-state index in [0.29, 0.717) is 11.4 Å². The van der Waals surface area contributed by atoms with Crippen LogP contribution in [0.3, 0.4) is 0 Å². The Kier molecular flexibility index (Phi) is 17.7. The molecule has 0 aromatic heterocycles. The van der Waals surface area contributed by atoms with Gasteiger partial charge in [-0.05, 0) is 66.7 Å². The van der Waals surface area contributed by atoms with E-state index in [4.69, 9.17) is 30.0 Å². The normalized spacial score (nSPS) is 10.7. The Morgan fingerprint density at radius 3 is 0.433 bits per heavy atom. The van der Waals surface area contributed by atoms with Crippen LogP contribution in [-0.2, 0) is 0 Å². The van der Waals surface area contributed by atoms with Gasteiger partial charge in [0.15, 0.2) is 0 Å². The lowest BCUT2D eigenvalue weighted by Gasteiger charge is -2.13. The van der Waals surface area contributed by atoms with Gasteiger partial charge in [-0.1, -0.05) is 297 Å². The van der Waals surface area contributed by atoms with Gasteiger partial charge in [0, 0.05) is 66.8 Å². The number of aliphatic imine (C=N–C) groups is 6. The van der Waals surface area contributed by atoms with Crippen LogP contribution in [0.2, 0.25) is 0 Å². The van der Waals surface area contributed by atoms with Crippen molar-refractivity contribution >= 4 is 68.4 Å². The molecule has 426 valence electrons. The summed E-state index contributed by atoms with van der Waals surface area (Å²) in [5.74, 6) is 0. The van der Waals surface area contributed by atoms with Crippen molar-refractivity contribution in [2.24, 2.45) is 30.0 Å². The molecule has 0 aliphatic heterocycles. The van der Waals surface area contributed by atoms with Crippen molar-refractivity contribution in [3.05, 3.63) is 431 Å². The maximum absolute atomic E-state index is 5.61. The molecule has 0 bridgehead atoms. The Balaban J connectivity index is 0.969. The van der Waals surface area contributed by atoms with Crippen LogP contribution in [0.1, 0.15) is 66.8 Å². The van der Waals surface area contributed by atoms with E-state index in [1.165, 1.54) is 0 Å². The molecule has 0 aliphatic carbocycles. The maximum Gasteiger partial charge on any atom is 0.0783 e. The van der Waals surface area contributed by atoms with Gasteiger partial charge in [-0.3, -0.25) is 0 Å². The zero-order chi connectivity index (χ0) is 60.5. The van der Waals surface area contributed by atoms with Gasteiger partial charge in [-0.15, -0.1) is 0 Å². The molecular formula is C84H60N6. The van der Waals surface area contributed by atoms with E-state index >= 15 is 0 Å². The third-order valence-corrected chi connectivity index (χ3v) is 15.1. The van der Waals surface area contributed by atoms with Gasteiger partial charge < -0.3 is 0 Å². The van der Waals surface area contributed by atoms with E-state index in [1.54, 1.807) is 0 Å². The summed E-state index contributed by atoms with van der Waals surface area (Å²) in [6.07, 6.45) is 0. The smallest absolute Gasteiger partial charge is 0.0783 e. The van der Waals surface area contributed by atoms with Crippen LogP contribution in [0, 0.1) is 0 Å². The fourth-order valence-electron chi connectivity index (χ4n) is 10.8. The predicted molar refractivity (Wildman–Crippen MR) is 376 cm³/mol. The van der Waals surface area contributed by atoms with Gasteiger partial charge in [-0.25, -0.2) is 30.0 Å². The summed E-state index contributed by atoms with van der Waals surface area (Å²) in [7, 11) is 0. The largest absolute Gasteiger partial charge is 0.248 e. The Labute approximate surface area is 526 Å². The van der Waals surface area contributed by atoms with Crippen molar-refractivity contribution < 1.29 is 0 Å². The Morgan fingerprint density at radius 2 is 0.256 bits per heavy atom. The van der Waals surface area contributed by atoms with Gasteiger partial charge in [0.05, 0.1) is 68.4 Å². The van der Waals surface area contributed by atoms with E-state index in [-0.39, 0.29) is 0 Å². The first-order valence-corrected chi connectivity index (χ1v) is 30.1. The van der Waals surface area contributed by atoms with Crippen LogP contribution >= 0.6 is 0 Å². The molecule has 0 aliphatic rings. The molecule has 0 saturated carbocycles. The second-order valence-electron chi connectivity index (χ2n) is 21.4. The SMILES string of the molecule is c1ccc(C(=Nc2cccc(C(=Nc3cccc(N=C(c4cccc(N=C(c5ccccc5)c5ccccc5)c4)c4cccc(N=C(c5ccccc5)c5ccccc5)c4)c3)c3cccc(N=C(c4ccccc4)c4ccccc4)c3)c2)c2ccccc2)cc1. The third kappa shape index (κ3) is 14.1. The summed E-state index contributed by atoms with van der Waals surface area (Å²) >= 11 is 0. The quantitative estimate of drug-likeness (QED) is 0.0768. The number of nitrogens with zero attached hydrogens (tertiary/aromatic N) is 6. The molecule has 13 aromatic rings. The van der Waals surface area contributed by atoms with E-state index in [1.807, 2.05) is 194 Å². The molecule has 0 radical (unpaired) electrons. The second-order valence-corrected chi connectivity index (χ2v) is 21.4. The molecule has 0 unspecified atom stereocenters. The Hall–Kier alpha value is -12.1. The fraction of sp³-hybridized carbons (Fsp3) is 0. The zero-order valence-electron chi connectivity index (χ0n) is 49.3. The fourth-order valence-corrected chi connectivity index (χ4v) is 10.8. The maximum atomic E-state index is 5.61. The minimum atomic E-state index is 0.708. The molecular weight excluding hydrogens is 1090 g/mol. The lowest BCUT2D eigenvalue weighted by molar-refractivity contribution is 1.41. The van der Waals surface area contributed by atoms with E-state index in [2.05, 4.69) is 170 Å². The first-order chi connectivity index (χ1) is 44.6. The number of benzene rings is 13. The van der Waals surface area contributed by atoms with Crippen molar-refractivity contribution in [3.8, 4) is 0 Å². The van der Waals surface area contributed by atoms with Crippen LogP contribution < -0.4 is 0 Å². The van der Waals surface area contributed by atoms with E-state index in [9.17, 15) is 0 Å². The summed E-state index contributed by atoms with van der Waals surface area (Å²) in [5.41, 5.74) is 21.2. The van der Waals surface area contributed by atoms with Crippen molar-refractivity contribution in [1.29, 1.82) is 0 Å². The van der Waals surface area contributed by atoms with Crippen LogP contribution in [0.15, 0.2) is 394 Å². The van der Waals surface area contributed by atoms with Crippen LogP contribution in [0.5, 0.6) is 0 Å². The minimum absolute atomic E-state index is 0.708. The van der Waals surface area contributed by atoms with Gasteiger partial charge in [0.1, 0.15) is 0 Å². The summed E-state index contributed by atoms with van der Waals surface area (Å²) in [4.78, 5) is 32.7. The highest BCUT2D eigenvalue weighted by Gasteiger charge is 2.17. The molecule has 0 spiro atoms. The first-order valence-electron chi connectivity index (χ1n) is 30.1. The average molecular weight is 1150 g/mol. The standard InChI is InChI=1S/C84H60N6/c1-9-30-61(31-10-1)79(62-32-11-2-12-33-62)85-73-50-25-46-69(56-73)83(70-47-26-51-74(57-70)86-80(63-34-13-3-14-35-63)64-36-15-4-16-37-64)89-77-54-29-55-78(60-77)90-84(71-48-27-52-75(58-71)87-81(65-38-17-5-18-39-65)66-40-19-6-20-41-66)72-49-28-53-76(59-72)88-82(67-42-21-7-22-43-67)68-44-23-8-24-45-68/h1-60H. The number of hydrogen-bond donors (Lipinski definition) is 0. The minimum Gasteiger partial charge on any atom is -0.248 e. The molecule has 0 amide bonds. The lowest BCUT2D eigenvalue weighted by atomic mass is 9.99. The third-order valence-electron chi connectivity index (χ3n) is 15.1. The van der Waals surface area contributed by atoms with Gasteiger partial charge in [0.2, 0.25) is 0 Å². The highest BCUT2D eigenvalue weighted by atomic mass is 14.8. The number of hydrogen-bond acceptors (Lipinski definition) is 6. The van der Waals surface area contributed by atoms with Gasteiger partial charge in [0.25, 0.3) is 0 Å². The lowest BCUT2D eigenvalue weighted by Crippen LogP contribution is -2.05. The molecule has 0 saturated heterocycles. The summed E-state index contributed by atoms with van der Waals surface area (Å²) < 4.78 is 0. The molecule has 0 atom stereocenters. The number of rotatable bonds is 18. The van der Waals surface area contributed by atoms with Crippen molar-refractivity contribution in [1.82, 2.24) is 0 Å². The van der Waals surface area contributed by atoms with E-state index < -0.39 is 0 Å². The molecule has 0 N–H and O–H groups in total. The summed E-state index contributed by atoms with van der Waals surface area (Å²) in [5, 5.41) is 0. The molecule has 90 heavy (non-hydrogen) atoms. The highest BCUT2D eigenvalue weighted by molar-refractivity contribution is 6.19. The molecule has 0 fully saturated rings. The van der Waals surface area contributed by atoms with Crippen molar-refractivity contribution in [3.63, 3.8) is 0 Å². The molecule has 6 nitrogen and oxygen atoms in total. The first kappa shape index (κ1) is 57.0. The van der Waals surface area contributed by atoms with Crippen LogP contribution in [0.4, 0.5) is 34.1 Å². The molecule has 6 heteroatoms. The summed E-state index contributed by atoms with van der Waals surface area (Å²) in [6, 6.07) is 124. The second kappa shape index (κ2) is 27.9. The zero-order valence-corrected chi connectivity index (χ0v) is 49.3. The summed E-state index contributed by atoms with van der Waals surface area (Å²) in [6.45, 7) is 0.